The molecular weight excluding hydrogens is 300 g/mol. The van der Waals surface area contributed by atoms with Crippen LogP contribution >= 0.6 is 11.6 Å². The quantitative estimate of drug-likeness (QED) is 0.398. The predicted octanol–water partition coefficient (Wildman–Crippen LogP) is 2.60. The standard InChI is InChI=1S/C13H15ClN2O5/c1-13(2,3)7-5-8(15-12(18)11(14)17)10(21-4)9(6-7)16(19)20/h5-6H,1-4H3,(H,15,18). The molecule has 0 unspecified atom stereocenters. The molecule has 7 nitrogen and oxygen atoms in total. The molecule has 1 aromatic rings. The van der Waals surface area contributed by atoms with Gasteiger partial charge in [-0.15, -0.1) is 0 Å². The van der Waals surface area contributed by atoms with Crippen molar-refractivity contribution in [1.29, 1.82) is 0 Å². The third-order valence-electron chi connectivity index (χ3n) is 2.76. The summed E-state index contributed by atoms with van der Waals surface area (Å²) in [5.41, 5.74) is -0.0771. The molecule has 0 aromatic heterocycles. The van der Waals surface area contributed by atoms with Crippen molar-refractivity contribution < 1.29 is 19.2 Å². The van der Waals surface area contributed by atoms with Crippen LogP contribution in [0.3, 0.4) is 0 Å². The van der Waals surface area contributed by atoms with Gasteiger partial charge >= 0.3 is 16.8 Å². The Balaban J connectivity index is 3.51. The molecule has 0 spiro atoms. The van der Waals surface area contributed by atoms with E-state index in [1.54, 1.807) is 0 Å². The number of nitro benzene ring substituents is 1. The highest BCUT2D eigenvalue weighted by molar-refractivity contribution is 6.82. The van der Waals surface area contributed by atoms with Crippen LogP contribution in [0.4, 0.5) is 11.4 Å². The first kappa shape index (κ1) is 16.9. The number of anilines is 1. The minimum Gasteiger partial charge on any atom is -0.489 e. The number of carbonyl (C=O) groups is 2. The van der Waals surface area contributed by atoms with Crippen LogP contribution in [-0.4, -0.2) is 23.2 Å². The Bertz CT molecular complexity index is 607. The summed E-state index contributed by atoms with van der Waals surface area (Å²) in [5.74, 6) is -1.23. The summed E-state index contributed by atoms with van der Waals surface area (Å²) in [4.78, 5) is 32.8. The van der Waals surface area contributed by atoms with Crippen molar-refractivity contribution in [3.05, 3.63) is 27.8 Å². The molecule has 1 amide bonds. The molecule has 0 saturated heterocycles. The molecule has 114 valence electrons. The van der Waals surface area contributed by atoms with Gasteiger partial charge in [0.15, 0.2) is 0 Å². The number of ether oxygens (including phenoxy) is 1. The van der Waals surface area contributed by atoms with E-state index in [9.17, 15) is 19.7 Å². The molecule has 0 atom stereocenters. The number of hydrogen-bond acceptors (Lipinski definition) is 5. The second-order valence-electron chi connectivity index (χ2n) is 5.31. The normalized spacial score (nSPS) is 10.9. The number of rotatable bonds is 4. The number of halogens is 1. The summed E-state index contributed by atoms with van der Waals surface area (Å²) in [5, 5.41) is 12.1. The van der Waals surface area contributed by atoms with Crippen LogP contribution in [0.15, 0.2) is 12.1 Å². The molecule has 1 N–H and O–H groups in total. The second-order valence-corrected chi connectivity index (χ2v) is 5.65. The number of hydrogen-bond donors (Lipinski definition) is 1. The number of methoxy groups -OCH3 is 1. The van der Waals surface area contributed by atoms with E-state index in [2.05, 4.69) is 5.32 Å². The van der Waals surface area contributed by atoms with Gasteiger partial charge in [0.25, 0.3) is 0 Å². The molecule has 8 heteroatoms. The van der Waals surface area contributed by atoms with Crippen molar-refractivity contribution in [2.24, 2.45) is 0 Å². The van der Waals surface area contributed by atoms with Gasteiger partial charge in [0, 0.05) is 6.07 Å². The zero-order chi connectivity index (χ0) is 16.4. The zero-order valence-electron chi connectivity index (χ0n) is 12.0. The van der Waals surface area contributed by atoms with E-state index in [-0.39, 0.29) is 17.1 Å². The molecule has 21 heavy (non-hydrogen) atoms. The Labute approximate surface area is 126 Å². The van der Waals surface area contributed by atoms with E-state index in [4.69, 9.17) is 16.3 Å². The molecule has 0 bridgehead atoms. The van der Waals surface area contributed by atoms with Gasteiger partial charge in [-0.3, -0.25) is 19.7 Å². The summed E-state index contributed by atoms with van der Waals surface area (Å²) in [6.07, 6.45) is 0. The Morgan fingerprint density at radius 3 is 2.29 bits per heavy atom. The fourth-order valence-electron chi connectivity index (χ4n) is 1.66. The largest absolute Gasteiger partial charge is 0.489 e. The highest BCUT2D eigenvalue weighted by atomic mass is 35.5. The molecule has 0 aliphatic heterocycles. The van der Waals surface area contributed by atoms with Crippen molar-refractivity contribution in [3.8, 4) is 5.75 Å². The summed E-state index contributed by atoms with van der Waals surface area (Å²) < 4.78 is 4.98. The lowest BCUT2D eigenvalue weighted by molar-refractivity contribution is -0.385. The highest BCUT2D eigenvalue weighted by Gasteiger charge is 2.26. The van der Waals surface area contributed by atoms with Crippen LogP contribution in [0.5, 0.6) is 5.75 Å². The van der Waals surface area contributed by atoms with E-state index in [1.165, 1.54) is 19.2 Å². The lowest BCUT2D eigenvalue weighted by Gasteiger charge is -2.21. The first-order valence-corrected chi connectivity index (χ1v) is 6.33. The molecule has 0 aliphatic carbocycles. The molecule has 1 rings (SSSR count). The van der Waals surface area contributed by atoms with Crippen LogP contribution in [0.25, 0.3) is 0 Å². The number of nitrogens with one attached hydrogen (secondary N) is 1. The number of nitrogens with zero attached hydrogens (tertiary/aromatic N) is 1. The Morgan fingerprint density at radius 2 is 1.90 bits per heavy atom. The van der Waals surface area contributed by atoms with Gasteiger partial charge < -0.3 is 10.1 Å². The Kier molecular flexibility index (Phi) is 4.90. The molecule has 0 aliphatic rings. The van der Waals surface area contributed by atoms with E-state index in [1.807, 2.05) is 20.8 Å². The monoisotopic (exact) mass is 314 g/mol. The fourth-order valence-corrected chi connectivity index (χ4v) is 1.71. The highest BCUT2D eigenvalue weighted by Crippen LogP contribution is 2.39. The van der Waals surface area contributed by atoms with E-state index in [0.717, 1.165) is 0 Å². The maximum Gasteiger partial charge on any atom is 0.313 e. The van der Waals surface area contributed by atoms with Crippen LogP contribution in [0.1, 0.15) is 26.3 Å². The Morgan fingerprint density at radius 1 is 1.33 bits per heavy atom. The smallest absolute Gasteiger partial charge is 0.313 e. The van der Waals surface area contributed by atoms with Gasteiger partial charge in [0.2, 0.25) is 5.75 Å². The molecule has 0 fully saturated rings. The maximum atomic E-state index is 11.4. The first-order valence-electron chi connectivity index (χ1n) is 5.95. The number of benzene rings is 1. The average molecular weight is 315 g/mol. The molecule has 0 saturated carbocycles. The summed E-state index contributed by atoms with van der Waals surface area (Å²) in [6, 6.07) is 2.89. The SMILES string of the molecule is COc1c(NC(=O)C(=O)Cl)cc(C(C)(C)C)cc1[N+](=O)[O-]. The summed E-state index contributed by atoms with van der Waals surface area (Å²) in [6.45, 7) is 5.57. The molecule has 0 radical (unpaired) electrons. The zero-order valence-corrected chi connectivity index (χ0v) is 12.8. The van der Waals surface area contributed by atoms with Crippen molar-refractivity contribution >= 4 is 34.1 Å². The Hall–Kier alpha value is -2.15. The third kappa shape index (κ3) is 3.91. The van der Waals surface area contributed by atoms with E-state index >= 15 is 0 Å². The number of carbonyl (C=O) groups excluding carboxylic acids is 2. The van der Waals surface area contributed by atoms with Gasteiger partial charge in [-0.1, -0.05) is 20.8 Å². The molecular formula is C13H15ClN2O5. The topological polar surface area (TPSA) is 98.5 Å². The minimum atomic E-state index is -1.22. The lowest BCUT2D eigenvalue weighted by atomic mass is 9.86. The van der Waals surface area contributed by atoms with E-state index in [0.29, 0.717) is 5.56 Å². The van der Waals surface area contributed by atoms with Crippen LogP contribution < -0.4 is 10.1 Å². The van der Waals surface area contributed by atoms with Crippen LogP contribution in [0, 0.1) is 10.1 Å². The molecule has 1 aromatic carbocycles. The number of nitro groups is 1. The second kappa shape index (κ2) is 6.09. The van der Waals surface area contributed by atoms with Crippen LogP contribution in [-0.2, 0) is 15.0 Å². The van der Waals surface area contributed by atoms with Gasteiger partial charge in [-0.25, -0.2) is 0 Å². The predicted molar refractivity (Wildman–Crippen MR) is 77.8 cm³/mol. The minimum absolute atomic E-state index is 0.0237. The third-order valence-corrected chi connectivity index (χ3v) is 2.93. The maximum absolute atomic E-state index is 11.4. The van der Waals surface area contributed by atoms with Gasteiger partial charge in [0.05, 0.1) is 17.7 Å². The van der Waals surface area contributed by atoms with E-state index < -0.39 is 21.5 Å². The first-order chi connectivity index (χ1) is 9.57. The fraction of sp³-hybridized carbons (Fsp3) is 0.385. The van der Waals surface area contributed by atoms with Crippen molar-refractivity contribution in [2.75, 3.05) is 12.4 Å². The lowest BCUT2D eigenvalue weighted by Crippen LogP contribution is -2.20. The van der Waals surface area contributed by atoms with Crippen LogP contribution in [0.2, 0.25) is 0 Å². The van der Waals surface area contributed by atoms with Gasteiger partial charge in [-0.2, -0.15) is 0 Å². The van der Waals surface area contributed by atoms with Gasteiger partial charge in [0.1, 0.15) is 0 Å². The molecule has 0 heterocycles. The van der Waals surface area contributed by atoms with Crippen molar-refractivity contribution in [1.82, 2.24) is 0 Å². The summed E-state index contributed by atoms with van der Waals surface area (Å²) >= 11 is 5.08. The summed E-state index contributed by atoms with van der Waals surface area (Å²) in [7, 11) is 1.23. The van der Waals surface area contributed by atoms with Crippen molar-refractivity contribution in [3.63, 3.8) is 0 Å². The number of amides is 1. The average Bonchev–Trinajstić information content (AvgIpc) is 2.36. The van der Waals surface area contributed by atoms with Crippen molar-refractivity contribution in [2.45, 2.75) is 26.2 Å². The van der Waals surface area contributed by atoms with Gasteiger partial charge in [-0.05, 0) is 28.6 Å².